The molecule has 2 nitrogen and oxygen atoms in total. The number of hydrogen-bond acceptors (Lipinski definition) is 1. The zero-order valence-corrected chi connectivity index (χ0v) is 20.8. The first-order valence-corrected chi connectivity index (χ1v) is 18.1. The van der Waals surface area contributed by atoms with Gasteiger partial charge in [-0.3, -0.25) is 4.00 Å². The van der Waals surface area contributed by atoms with Crippen LogP contribution in [0.25, 0.3) is 0 Å². The van der Waals surface area contributed by atoms with Crippen LogP contribution in [-0.4, -0.2) is 30.8 Å². The van der Waals surface area contributed by atoms with Crippen molar-refractivity contribution < 1.29 is 0 Å². The smallest absolute Gasteiger partial charge is 0.122 e. The minimum Gasteiger partial charge on any atom is -0.285 e. The molecular formula is C14H36N2P2SSi2. The average Bonchev–Trinajstić information content (AvgIpc) is 2.08. The van der Waals surface area contributed by atoms with Gasteiger partial charge < -0.3 is 0 Å². The second kappa shape index (κ2) is 6.57. The van der Waals surface area contributed by atoms with Gasteiger partial charge in [0.25, 0.3) is 0 Å². The lowest BCUT2D eigenvalue weighted by Crippen LogP contribution is -2.53. The molecule has 0 aliphatic heterocycles. The van der Waals surface area contributed by atoms with E-state index < -0.39 is 22.7 Å². The van der Waals surface area contributed by atoms with Gasteiger partial charge in [-0.25, -0.2) is 4.52 Å². The summed E-state index contributed by atoms with van der Waals surface area (Å²) in [5.74, 6) is 0. The average molecular weight is 383 g/mol. The lowest BCUT2D eigenvalue weighted by Gasteiger charge is -2.43. The second-order valence-corrected chi connectivity index (χ2v) is 27.2. The zero-order chi connectivity index (χ0) is 17.5. The van der Waals surface area contributed by atoms with E-state index in [-0.39, 0.29) is 10.3 Å². The van der Waals surface area contributed by atoms with E-state index in [1.165, 1.54) is 0 Å². The number of nitrogens with zero attached hydrogens (tertiary/aromatic N) is 2. The summed E-state index contributed by atoms with van der Waals surface area (Å²) in [6.07, 6.45) is -1.83. The first kappa shape index (κ1) is 22.1. The maximum absolute atomic E-state index is 6.18. The summed E-state index contributed by atoms with van der Waals surface area (Å²) in [5, 5.41) is 0.163. The number of rotatable bonds is 4. The van der Waals surface area contributed by atoms with E-state index in [2.05, 4.69) is 84.8 Å². The molecule has 21 heavy (non-hydrogen) atoms. The maximum atomic E-state index is 6.18. The molecule has 0 atom stereocenters. The van der Waals surface area contributed by atoms with Crippen molar-refractivity contribution in [1.82, 2.24) is 4.00 Å². The molecule has 0 spiro atoms. The third-order valence-electron chi connectivity index (χ3n) is 3.34. The molecule has 0 fully saturated rings. The number of hydrogen-bond donors (Lipinski definition) is 0. The Labute approximate surface area is 142 Å². The van der Waals surface area contributed by atoms with Gasteiger partial charge in [0.1, 0.15) is 16.5 Å². The van der Waals surface area contributed by atoms with Crippen molar-refractivity contribution in [2.75, 3.05) is 0 Å². The fourth-order valence-electron chi connectivity index (χ4n) is 2.65. The van der Waals surface area contributed by atoms with Crippen LogP contribution < -0.4 is 0 Å². The molecule has 0 radical (unpaired) electrons. The van der Waals surface area contributed by atoms with Crippen LogP contribution in [0.3, 0.4) is 0 Å². The van der Waals surface area contributed by atoms with Crippen molar-refractivity contribution in [2.24, 2.45) is 4.52 Å². The molecule has 0 amide bonds. The molecule has 0 N–H and O–H groups in total. The Morgan fingerprint density at radius 1 is 0.810 bits per heavy atom. The van der Waals surface area contributed by atoms with Gasteiger partial charge in [0.15, 0.2) is 0 Å². The monoisotopic (exact) mass is 382 g/mol. The summed E-state index contributed by atoms with van der Waals surface area (Å²) in [7, 11) is -1.62. The molecule has 0 bridgehead atoms. The molecule has 0 heterocycles. The van der Waals surface area contributed by atoms with Gasteiger partial charge in [0, 0.05) is 10.3 Å². The summed E-state index contributed by atoms with van der Waals surface area (Å²) in [4.78, 5) is 0. The molecule has 0 aliphatic rings. The Morgan fingerprint density at radius 2 is 1.10 bits per heavy atom. The molecule has 7 heteroatoms. The van der Waals surface area contributed by atoms with Gasteiger partial charge in [-0.05, 0) is 0 Å². The minimum atomic E-state index is -1.83. The molecular weight excluding hydrogens is 346 g/mol. The maximum Gasteiger partial charge on any atom is 0.122 e. The molecule has 0 aromatic heterocycles. The summed E-state index contributed by atoms with van der Waals surface area (Å²) in [5.41, 5.74) is 0. The molecule has 0 saturated carbocycles. The van der Waals surface area contributed by atoms with E-state index in [0.717, 1.165) is 8.52 Å². The highest BCUT2D eigenvalue weighted by Gasteiger charge is 2.43. The molecule has 0 aromatic carbocycles. The Bertz CT molecular complexity index is 406. The standard InChI is InChI=1S/C14H36N2P2SSi2/c1-13(2,3)18(19,14(4,5)6)15-17-16(20(7,8)9)21(10,11)12/h1-12H3. The van der Waals surface area contributed by atoms with Crippen LogP contribution in [0.1, 0.15) is 41.5 Å². The first-order chi connectivity index (χ1) is 8.84. The molecule has 0 aromatic rings. The van der Waals surface area contributed by atoms with Crippen molar-refractivity contribution in [3.05, 3.63) is 0 Å². The van der Waals surface area contributed by atoms with Crippen LogP contribution in [0.5, 0.6) is 0 Å². The quantitative estimate of drug-likeness (QED) is 0.384. The van der Waals surface area contributed by atoms with Gasteiger partial charge in [0.05, 0.1) is 14.7 Å². The van der Waals surface area contributed by atoms with Crippen molar-refractivity contribution >= 4 is 43.0 Å². The van der Waals surface area contributed by atoms with Crippen LogP contribution in [-0.2, 0) is 11.8 Å². The van der Waals surface area contributed by atoms with E-state index in [9.17, 15) is 0 Å². The van der Waals surface area contributed by atoms with Crippen molar-refractivity contribution in [1.29, 1.82) is 0 Å². The van der Waals surface area contributed by atoms with Crippen LogP contribution in [0.15, 0.2) is 4.52 Å². The molecule has 0 aliphatic carbocycles. The highest BCUT2D eigenvalue weighted by molar-refractivity contribution is 8.16. The van der Waals surface area contributed by atoms with Crippen LogP contribution >= 0.6 is 14.7 Å². The summed E-state index contributed by atoms with van der Waals surface area (Å²) in [6, 6.07) is 0. The van der Waals surface area contributed by atoms with E-state index in [1.54, 1.807) is 0 Å². The summed E-state index contributed by atoms with van der Waals surface area (Å²) < 4.78 is 7.93. The van der Waals surface area contributed by atoms with Crippen LogP contribution in [0.2, 0.25) is 39.3 Å². The molecule has 0 rings (SSSR count). The topological polar surface area (TPSA) is 15.6 Å². The van der Waals surface area contributed by atoms with Crippen molar-refractivity contribution in [3.63, 3.8) is 0 Å². The van der Waals surface area contributed by atoms with Gasteiger partial charge in [-0.2, -0.15) is 0 Å². The Balaban J connectivity index is 5.91. The molecule has 0 saturated heterocycles. The third-order valence-corrected chi connectivity index (χ3v) is 23.1. The van der Waals surface area contributed by atoms with Crippen molar-refractivity contribution in [3.8, 4) is 0 Å². The van der Waals surface area contributed by atoms with Gasteiger partial charge in [-0.15, -0.1) is 0 Å². The highest BCUT2D eigenvalue weighted by Crippen LogP contribution is 2.69. The summed E-state index contributed by atoms with van der Waals surface area (Å²) >= 11 is 6.18. The SMILES string of the molecule is CC(C)(C)P(=S)(N=PN([Si](C)(C)C)[Si](C)(C)C)C(C)(C)C. The van der Waals surface area contributed by atoms with Crippen LogP contribution in [0, 0.1) is 0 Å². The predicted molar refractivity (Wildman–Crippen MR) is 112 cm³/mol. The minimum absolute atomic E-state index is 0.0815. The normalized spacial score (nSPS) is 16.0. The van der Waals surface area contributed by atoms with E-state index >= 15 is 0 Å². The van der Waals surface area contributed by atoms with E-state index in [4.69, 9.17) is 16.3 Å². The fourth-order valence-corrected chi connectivity index (χ4v) is 18.8. The first-order valence-electron chi connectivity index (χ1n) is 7.68. The molecule has 126 valence electrons. The van der Waals surface area contributed by atoms with E-state index in [0.29, 0.717) is 0 Å². The molecule has 0 unspecified atom stereocenters. The zero-order valence-electron chi connectivity index (χ0n) is 16.2. The predicted octanol–water partition coefficient (Wildman–Crippen LogP) is 6.99. The van der Waals surface area contributed by atoms with E-state index in [1.807, 2.05) is 0 Å². The van der Waals surface area contributed by atoms with Crippen LogP contribution in [0.4, 0.5) is 0 Å². The summed E-state index contributed by atoms with van der Waals surface area (Å²) in [6.45, 7) is 28.1. The van der Waals surface area contributed by atoms with Crippen molar-refractivity contribution in [2.45, 2.75) is 91.1 Å². The Kier molecular flexibility index (Phi) is 6.93. The Hall–Kier alpha value is 1.14. The largest absolute Gasteiger partial charge is 0.285 e. The van der Waals surface area contributed by atoms with Gasteiger partial charge in [0.2, 0.25) is 0 Å². The van der Waals surface area contributed by atoms with Gasteiger partial charge in [-0.1, -0.05) is 92.6 Å². The fraction of sp³-hybridized carbons (Fsp3) is 1.00. The third kappa shape index (κ3) is 5.62. The Morgan fingerprint density at radius 3 is 1.29 bits per heavy atom. The highest BCUT2D eigenvalue weighted by atomic mass is 32.4. The van der Waals surface area contributed by atoms with Gasteiger partial charge >= 0.3 is 0 Å². The lowest BCUT2D eigenvalue weighted by atomic mass is 10.2. The second-order valence-electron chi connectivity index (χ2n) is 9.75. The lowest BCUT2D eigenvalue weighted by molar-refractivity contribution is 0.704.